The molecule has 6 heteroatoms. The fourth-order valence-corrected chi connectivity index (χ4v) is 2.11. The van der Waals surface area contributed by atoms with Gasteiger partial charge in [0, 0.05) is 11.3 Å². The number of hydrogen-bond donors (Lipinski definition) is 1. The average molecular weight is 254 g/mol. The molecule has 0 aliphatic carbocycles. The average Bonchev–Trinajstić information content (AvgIpc) is 2.81. The highest BCUT2D eigenvalue weighted by atomic mass is 32.2. The first-order valence-corrected chi connectivity index (χ1v) is 6.01. The third kappa shape index (κ3) is 2.76. The molecule has 4 nitrogen and oxygen atoms in total. The zero-order valence-electron chi connectivity index (χ0n) is 9.20. The van der Waals surface area contributed by atoms with E-state index in [0.29, 0.717) is 11.7 Å². The van der Waals surface area contributed by atoms with Gasteiger partial charge in [-0.05, 0) is 18.2 Å². The van der Waals surface area contributed by atoms with Crippen molar-refractivity contribution in [1.82, 2.24) is 5.32 Å². The number of thioether (sulfide) groups is 1. The lowest BCUT2D eigenvalue weighted by atomic mass is 10.2. The number of rotatable bonds is 2. The van der Waals surface area contributed by atoms with E-state index in [0.717, 1.165) is 11.8 Å². The summed E-state index contributed by atoms with van der Waals surface area (Å²) in [6, 6.07) is 4.08. The lowest BCUT2D eigenvalue weighted by molar-refractivity contribution is 0.0977. The second-order valence-electron chi connectivity index (χ2n) is 3.34. The first kappa shape index (κ1) is 11.9. The standard InChI is InChI=1S/C11H11FN2O2S/c1-16-9-3-2-7(6-8(9)12)10(15)14-11-13-4-5-17-11/h2-3,6H,4-5H2,1H3,(H,13,14,15). The van der Waals surface area contributed by atoms with Gasteiger partial charge < -0.3 is 10.1 Å². The smallest absolute Gasteiger partial charge is 0.257 e. The van der Waals surface area contributed by atoms with E-state index in [1.807, 2.05) is 0 Å². The topological polar surface area (TPSA) is 50.7 Å². The molecular formula is C11H11FN2O2S. The Bertz CT molecular complexity index is 477. The molecule has 1 aliphatic rings. The van der Waals surface area contributed by atoms with Gasteiger partial charge in [0.2, 0.25) is 0 Å². The fraction of sp³-hybridized carbons (Fsp3) is 0.273. The van der Waals surface area contributed by atoms with Crippen molar-refractivity contribution in [3.05, 3.63) is 29.6 Å². The van der Waals surface area contributed by atoms with Crippen molar-refractivity contribution in [3.8, 4) is 5.75 Å². The predicted molar refractivity (Wildman–Crippen MR) is 65.2 cm³/mol. The van der Waals surface area contributed by atoms with Crippen LogP contribution in [0.3, 0.4) is 0 Å². The molecule has 0 atom stereocenters. The molecule has 1 amide bonds. The minimum atomic E-state index is -0.554. The molecule has 0 saturated carbocycles. The van der Waals surface area contributed by atoms with Crippen LogP contribution in [-0.4, -0.2) is 30.5 Å². The number of carbonyl (C=O) groups is 1. The third-order valence-corrected chi connectivity index (χ3v) is 3.11. The molecule has 0 unspecified atom stereocenters. The predicted octanol–water partition coefficient (Wildman–Crippen LogP) is 1.67. The van der Waals surface area contributed by atoms with Gasteiger partial charge in [-0.1, -0.05) is 11.8 Å². The van der Waals surface area contributed by atoms with Crippen molar-refractivity contribution in [2.24, 2.45) is 4.99 Å². The second kappa shape index (κ2) is 5.18. The normalized spacial score (nSPS) is 14.4. The molecule has 0 spiro atoms. The van der Waals surface area contributed by atoms with Crippen LogP contribution in [0.15, 0.2) is 23.2 Å². The number of hydrogen-bond acceptors (Lipinski definition) is 4. The number of halogens is 1. The molecule has 0 saturated heterocycles. The van der Waals surface area contributed by atoms with Gasteiger partial charge in [0.15, 0.2) is 16.7 Å². The van der Waals surface area contributed by atoms with Gasteiger partial charge in [0.1, 0.15) is 0 Å². The largest absolute Gasteiger partial charge is 0.494 e. The Morgan fingerprint density at radius 1 is 1.59 bits per heavy atom. The summed E-state index contributed by atoms with van der Waals surface area (Å²) in [7, 11) is 1.38. The Balaban J connectivity index is 2.11. The molecule has 1 heterocycles. The van der Waals surface area contributed by atoms with E-state index in [1.165, 1.54) is 31.0 Å². The van der Waals surface area contributed by atoms with Gasteiger partial charge in [0.25, 0.3) is 5.91 Å². The highest BCUT2D eigenvalue weighted by Crippen LogP contribution is 2.18. The van der Waals surface area contributed by atoms with E-state index in [2.05, 4.69) is 10.3 Å². The fourth-order valence-electron chi connectivity index (χ4n) is 1.39. The third-order valence-electron chi connectivity index (χ3n) is 2.22. The molecule has 90 valence electrons. The van der Waals surface area contributed by atoms with Gasteiger partial charge >= 0.3 is 0 Å². The minimum absolute atomic E-state index is 0.120. The van der Waals surface area contributed by atoms with E-state index in [9.17, 15) is 9.18 Å². The van der Waals surface area contributed by atoms with Crippen molar-refractivity contribution >= 4 is 22.8 Å². The number of amides is 1. The van der Waals surface area contributed by atoms with Crippen LogP contribution in [0.4, 0.5) is 4.39 Å². The van der Waals surface area contributed by atoms with E-state index < -0.39 is 5.82 Å². The Kier molecular flexibility index (Phi) is 3.63. The van der Waals surface area contributed by atoms with Gasteiger partial charge in [-0.15, -0.1) is 0 Å². The quantitative estimate of drug-likeness (QED) is 0.873. The first-order valence-electron chi connectivity index (χ1n) is 5.03. The van der Waals surface area contributed by atoms with E-state index in [-0.39, 0.29) is 17.2 Å². The molecule has 0 radical (unpaired) electrons. The van der Waals surface area contributed by atoms with E-state index in [4.69, 9.17) is 4.74 Å². The van der Waals surface area contributed by atoms with Gasteiger partial charge in [-0.2, -0.15) is 0 Å². The van der Waals surface area contributed by atoms with Crippen LogP contribution in [0.1, 0.15) is 10.4 Å². The first-order chi connectivity index (χ1) is 8.20. The molecule has 1 N–H and O–H groups in total. The maximum atomic E-state index is 13.4. The number of ether oxygens (including phenoxy) is 1. The van der Waals surface area contributed by atoms with Crippen molar-refractivity contribution < 1.29 is 13.9 Å². The van der Waals surface area contributed by atoms with Crippen molar-refractivity contribution in [2.75, 3.05) is 19.4 Å². The van der Waals surface area contributed by atoms with E-state index in [1.54, 1.807) is 0 Å². The molecule has 1 aliphatic heterocycles. The molecular weight excluding hydrogens is 243 g/mol. The molecule has 0 bridgehead atoms. The summed E-state index contributed by atoms with van der Waals surface area (Å²) in [5, 5.41) is 3.22. The maximum absolute atomic E-state index is 13.4. The minimum Gasteiger partial charge on any atom is -0.494 e. The highest BCUT2D eigenvalue weighted by Gasteiger charge is 2.14. The summed E-state index contributed by atoms with van der Waals surface area (Å²) < 4.78 is 18.2. The van der Waals surface area contributed by atoms with Crippen LogP contribution >= 0.6 is 11.8 Å². The Labute approximate surface area is 102 Å². The monoisotopic (exact) mass is 254 g/mol. The van der Waals surface area contributed by atoms with Crippen LogP contribution in [0, 0.1) is 5.82 Å². The van der Waals surface area contributed by atoms with Crippen LogP contribution < -0.4 is 10.1 Å². The number of nitrogens with zero attached hydrogens (tertiary/aromatic N) is 1. The van der Waals surface area contributed by atoms with Gasteiger partial charge in [0.05, 0.1) is 13.7 Å². The van der Waals surface area contributed by atoms with Crippen LogP contribution in [0.25, 0.3) is 0 Å². The lowest BCUT2D eigenvalue weighted by Gasteiger charge is -2.06. The van der Waals surface area contributed by atoms with Gasteiger partial charge in [-0.3, -0.25) is 9.79 Å². The summed E-state index contributed by atoms with van der Waals surface area (Å²) in [6.45, 7) is 0.706. The number of nitrogens with one attached hydrogen (secondary N) is 1. The molecule has 0 fully saturated rings. The molecule has 17 heavy (non-hydrogen) atoms. The summed E-state index contributed by atoms with van der Waals surface area (Å²) in [5.41, 5.74) is 0.249. The molecule has 1 aromatic rings. The van der Waals surface area contributed by atoms with Crippen molar-refractivity contribution in [2.45, 2.75) is 0 Å². The SMILES string of the molecule is COc1ccc(C(=O)NC2=NCCS2)cc1F. The summed E-state index contributed by atoms with van der Waals surface area (Å²) in [6.07, 6.45) is 0. The summed E-state index contributed by atoms with van der Waals surface area (Å²) in [4.78, 5) is 15.8. The van der Waals surface area contributed by atoms with Crippen molar-refractivity contribution in [3.63, 3.8) is 0 Å². The lowest BCUT2D eigenvalue weighted by Crippen LogP contribution is -2.27. The highest BCUT2D eigenvalue weighted by molar-refractivity contribution is 8.14. The van der Waals surface area contributed by atoms with Crippen LogP contribution in [-0.2, 0) is 0 Å². The molecule has 0 aromatic heterocycles. The zero-order chi connectivity index (χ0) is 12.3. The summed E-state index contributed by atoms with van der Waals surface area (Å²) >= 11 is 1.48. The van der Waals surface area contributed by atoms with Gasteiger partial charge in [-0.25, -0.2) is 4.39 Å². The number of benzene rings is 1. The van der Waals surface area contributed by atoms with Crippen LogP contribution in [0.5, 0.6) is 5.75 Å². The second-order valence-corrected chi connectivity index (χ2v) is 4.42. The number of aliphatic imine (C=N–C) groups is 1. The number of amidine groups is 1. The zero-order valence-corrected chi connectivity index (χ0v) is 10.0. The van der Waals surface area contributed by atoms with E-state index >= 15 is 0 Å². The van der Waals surface area contributed by atoms with Crippen molar-refractivity contribution in [1.29, 1.82) is 0 Å². The summed E-state index contributed by atoms with van der Waals surface area (Å²) in [5.74, 6) is 0.0713. The molecule has 2 rings (SSSR count). The number of methoxy groups -OCH3 is 1. The Hall–Kier alpha value is -1.56. The number of carbonyl (C=O) groups excluding carboxylic acids is 1. The Morgan fingerprint density at radius 3 is 3.00 bits per heavy atom. The molecule has 1 aromatic carbocycles. The Morgan fingerprint density at radius 2 is 2.41 bits per heavy atom. The van der Waals surface area contributed by atoms with Crippen LogP contribution in [0.2, 0.25) is 0 Å². The maximum Gasteiger partial charge on any atom is 0.257 e.